The van der Waals surface area contributed by atoms with Crippen LogP contribution in [-0.4, -0.2) is 34.8 Å². The smallest absolute Gasteiger partial charge is 0.140 e. The fourth-order valence-electron chi connectivity index (χ4n) is 1.36. The van der Waals surface area contributed by atoms with Crippen LogP contribution < -0.4 is 11.1 Å². The summed E-state index contributed by atoms with van der Waals surface area (Å²) in [5.41, 5.74) is 5.42. The monoisotopic (exact) mass is 217 g/mol. The molecular weight excluding hydrogens is 194 g/mol. The van der Waals surface area contributed by atoms with Gasteiger partial charge in [-0.25, -0.2) is 0 Å². The molecule has 2 unspecified atom stereocenters. The highest BCUT2D eigenvalue weighted by Gasteiger charge is 2.07. The molecule has 5 heteroatoms. The number of rotatable bonds is 8. The van der Waals surface area contributed by atoms with E-state index in [1.165, 1.54) is 0 Å². The summed E-state index contributed by atoms with van der Waals surface area (Å²) < 4.78 is 0. The minimum absolute atomic E-state index is 0.240. The molecule has 0 saturated carbocycles. The summed E-state index contributed by atoms with van der Waals surface area (Å²) in [6.45, 7) is 4.69. The van der Waals surface area contributed by atoms with E-state index >= 15 is 0 Å². The lowest BCUT2D eigenvalue weighted by atomic mass is 10.1. The molecule has 15 heavy (non-hydrogen) atoms. The number of nitrogens with two attached hydrogens (primary N) is 1. The highest BCUT2D eigenvalue weighted by molar-refractivity contribution is 5.80. The van der Waals surface area contributed by atoms with Crippen LogP contribution in [-0.2, 0) is 0 Å². The van der Waals surface area contributed by atoms with Gasteiger partial charge in [0, 0.05) is 12.5 Å². The average molecular weight is 217 g/mol. The zero-order valence-electron chi connectivity index (χ0n) is 9.61. The van der Waals surface area contributed by atoms with Crippen LogP contribution in [0.15, 0.2) is 5.16 Å². The van der Waals surface area contributed by atoms with Gasteiger partial charge in [0.25, 0.3) is 0 Å². The quantitative estimate of drug-likeness (QED) is 0.158. The van der Waals surface area contributed by atoms with E-state index in [0.717, 1.165) is 25.8 Å². The number of nitrogens with zero attached hydrogens (tertiary/aromatic N) is 1. The molecule has 0 rings (SSSR count). The summed E-state index contributed by atoms with van der Waals surface area (Å²) in [7, 11) is 0. The fraction of sp³-hybridized carbons (Fsp3) is 0.900. The van der Waals surface area contributed by atoms with Crippen molar-refractivity contribution in [2.75, 3.05) is 6.54 Å². The van der Waals surface area contributed by atoms with Crippen molar-refractivity contribution >= 4 is 5.84 Å². The van der Waals surface area contributed by atoms with E-state index in [1.54, 1.807) is 6.92 Å². The predicted molar refractivity (Wildman–Crippen MR) is 61.0 cm³/mol. The number of aliphatic hydroxyl groups excluding tert-OH is 1. The first kappa shape index (κ1) is 14.2. The summed E-state index contributed by atoms with van der Waals surface area (Å²) in [6.07, 6.45) is 2.99. The molecule has 0 aliphatic heterocycles. The second-order valence-corrected chi connectivity index (χ2v) is 3.85. The molecular formula is C10H23N3O2. The molecule has 0 aromatic heterocycles. The molecule has 5 N–H and O–H groups in total. The first-order chi connectivity index (χ1) is 7.10. The van der Waals surface area contributed by atoms with Crippen molar-refractivity contribution in [3.8, 4) is 0 Å². The lowest BCUT2D eigenvalue weighted by molar-refractivity contribution is 0.181. The van der Waals surface area contributed by atoms with Gasteiger partial charge in [-0.2, -0.15) is 0 Å². The SMILES string of the molecule is CCC(CC(N)=NO)NCCCC(C)O. The lowest BCUT2D eigenvalue weighted by Gasteiger charge is -2.16. The number of hydrogen-bond acceptors (Lipinski definition) is 4. The number of aliphatic hydroxyl groups is 1. The molecule has 0 radical (unpaired) electrons. The second-order valence-electron chi connectivity index (χ2n) is 3.85. The Morgan fingerprint density at radius 3 is 2.67 bits per heavy atom. The summed E-state index contributed by atoms with van der Waals surface area (Å²) >= 11 is 0. The largest absolute Gasteiger partial charge is 0.409 e. The van der Waals surface area contributed by atoms with Crippen LogP contribution >= 0.6 is 0 Å². The molecule has 0 spiro atoms. The third-order valence-electron chi connectivity index (χ3n) is 2.31. The normalized spacial score (nSPS) is 16.3. The summed E-state index contributed by atoms with van der Waals surface area (Å²) in [4.78, 5) is 0. The maximum atomic E-state index is 9.06. The maximum Gasteiger partial charge on any atom is 0.140 e. The van der Waals surface area contributed by atoms with Gasteiger partial charge < -0.3 is 21.4 Å². The third-order valence-corrected chi connectivity index (χ3v) is 2.31. The Labute approximate surface area is 91.4 Å². The van der Waals surface area contributed by atoms with Crippen molar-refractivity contribution in [3.63, 3.8) is 0 Å². The van der Waals surface area contributed by atoms with Crippen molar-refractivity contribution in [1.29, 1.82) is 0 Å². The zero-order chi connectivity index (χ0) is 11.7. The highest BCUT2D eigenvalue weighted by Crippen LogP contribution is 1.99. The van der Waals surface area contributed by atoms with Crippen LogP contribution in [0.5, 0.6) is 0 Å². The zero-order valence-corrected chi connectivity index (χ0v) is 9.61. The van der Waals surface area contributed by atoms with Crippen LogP contribution in [0.1, 0.15) is 39.5 Å². The van der Waals surface area contributed by atoms with E-state index in [1.807, 2.05) is 0 Å². The molecule has 0 amide bonds. The summed E-state index contributed by atoms with van der Waals surface area (Å²) in [5, 5.41) is 23.7. The Morgan fingerprint density at radius 1 is 1.53 bits per heavy atom. The van der Waals surface area contributed by atoms with Crippen molar-refractivity contribution in [1.82, 2.24) is 5.32 Å². The molecule has 0 aromatic rings. The minimum atomic E-state index is -0.240. The number of amidine groups is 1. The standard InChI is InChI=1S/C10H23N3O2/c1-3-9(7-10(11)13-15)12-6-4-5-8(2)14/h8-9,12,14-15H,3-7H2,1-2H3,(H2,11,13). The van der Waals surface area contributed by atoms with E-state index in [2.05, 4.69) is 17.4 Å². The molecule has 0 fully saturated rings. The number of oxime groups is 1. The predicted octanol–water partition coefficient (Wildman–Crippen LogP) is 0.652. The van der Waals surface area contributed by atoms with Gasteiger partial charge in [0.2, 0.25) is 0 Å². The summed E-state index contributed by atoms with van der Waals surface area (Å²) in [6, 6.07) is 0.245. The molecule has 0 aliphatic rings. The fourth-order valence-corrected chi connectivity index (χ4v) is 1.36. The van der Waals surface area contributed by atoms with Crippen LogP contribution in [0.2, 0.25) is 0 Å². The molecule has 0 aromatic carbocycles. The van der Waals surface area contributed by atoms with Gasteiger partial charge in [0.15, 0.2) is 0 Å². The third kappa shape index (κ3) is 8.20. The molecule has 5 nitrogen and oxygen atoms in total. The van der Waals surface area contributed by atoms with Gasteiger partial charge in [-0.3, -0.25) is 0 Å². The van der Waals surface area contributed by atoms with Gasteiger partial charge in [0.05, 0.1) is 6.10 Å². The minimum Gasteiger partial charge on any atom is -0.409 e. The first-order valence-electron chi connectivity index (χ1n) is 5.48. The molecule has 2 atom stereocenters. The first-order valence-corrected chi connectivity index (χ1v) is 5.48. The Bertz CT molecular complexity index is 184. The van der Waals surface area contributed by atoms with Crippen molar-refractivity contribution in [2.24, 2.45) is 10.9 Å². The molecule has 0 heterocycles. The van der Waals surface area contributed by atoms with E-state index in [4.69, 9.17) is 16.0 Å². The van der Waals surface area contributed by atoms with Crippen LogP contribution in [0.25, 0.3) is 0 Å². The van der Waals surface area contributed by atoms with Gasteiger partial charge in [0.1, 0.15) is 5.84 Å². The van der Waals surface area contributed by atoms with Crippen molar-refractivity contribution in [3.05, 3.63) is 0 Å². The Balaban J connectivity index is 3.62. The van der Waals surface area contributed by atoms with E-state index in [9.17, 15) is 0 Å². The number of hydrogen-bond donors (Lipinski definition) is 4. The van der Waals surface area contributed by atoms with Gasteiger partial charge in [-0.05, 0) is 32.7 Å². The topological polar surface area (TPSA) is 90.9 Å². The molecule has 0 bridgehead atoms. The second kappa shape index (κ2) is 8.49. The average Bonchev–Trinajstić information content (AvgIpc) is 2.21. The van der Waals surface area contributed by atoms with E-state index in [-0.39, 0.29) is 18.0 Å². The highest BCUT2D eigenvalue weighted by atomic mass is 16.4. The Kier molecular flexibility index (Phi) is 8.04. The molecule has 90 valence electrons. The van der Waals surface area contributed by atoms with Gasteiger partial charge in [-0.15, -0.1) is 0 Å². The Morgan fingerprint density at radius 2 is 2.20 bits per heavy atom. The van der Waals surface area contributed by atoms with Gasteiger partial charge in [-0.1, -0.05) is 12.1 Å². The number of nitrogens with one attached hydrogen (secondary N) is 1. The summed E-state index contributed by atoms with van der Waals surface area (Å²) in [5.74, 6) is 0.255. The Hall–Kier alpha value is -0.810. The van der Waals surface area contributed by atoms with Crippen LogP contribution in [0, 0.1) is 0 Å². The molecule has 0 aliphatic carbocycles. The van der Waals surface area contributed by atoms with Crippen molar-refractivity contribution in [2.45, 2.75) is 51.7 Å². The van der Waals surface area contributed by atoms with E-state index in [0.29, 0.717) is 6.42 Å². The maximum absolute atomic E-state index is 9.06. The van der Waals surface area contributed by atoms with Crippen molar-refractivity contribution < 1.29 is 10.3 Å². The van der Waals surface area contributed by atoms with Crippen LogP contribution in [0.3, 0.4) is 0 Å². The molecule has 0 saturated heterocycles. The lowest BCUT2D eigenvalue weighted by Crippen LogP contribution is -2.34. The van der Waals surface area contributed by atoms with Crippen LogP contribution in [0.4, 0.5) is 0 Å². The van der Waals surface area contributed by atoms with E-state index < -0.39 is 0 Å². The van der Waals surface area contributed by atoms with Gasteiger partial charge >= 0.3 is 0 Å².